The molecule has 86 valence electrons. The average Bonchev–Trinajstić information content (AvgIpc) is 2.28. The quantitative estimate of drug-likeness (QED) is 0.484. The van der Waals surface area contributed by atoms with Gasteiger partial charge in [-0.05, 0) is 6.08 Å². The van der Waals surface area contributed by atoms with Crippen molar-refractivity contribution in [2.24, 2.45) is 0 Å². The van der Waals surface area contributed by atoms with E-state index in [0.29, 0.717) is 0 Å². The van der Waals surface area contributed by atoms with Crippen LogP contribution in [0.2, 0.25) is 0 Å². The molecule has 0 bridgehead atoms. The molecule has 0 spiro atoms. The van der Waals surface area contributed by atoms with Crippen molar-refractivity contribution in [1.29, 1.82) is 0 Å². The van der Waals surface area contributed by atoms with E-state index in [1.165, 1.54) is 5.56 Å². The van der Waals surface area contributed by atoms with E-state index in [4.69, 9.17) is 0 Å². The van der Waals surface area contributed by atoms with Crippen LogP contribution >= 0.6 is 0 Å². The lowest BCUT2D eigenvalue weighted by Gasteiger charge is -2.33. The molecule has 0 aromatic heterocycles. The van der Waals surface area contributed by atoms with Gasteiger partial charge in [0.05, 0.1) is 20.1 Å². The number of rotatable bonds is 7. The topological polar surface area (TPSA) is 0 Å². The Kier molecular flexibility index (Phi) is 5.00. The van der Waals surface area contributed by atoms with E-state index in [1.807, 2.05) is 12.2 Å². The highest BCUT2D eigenvalue weighted by Gasteiger charge is 2.19. The van der Waals surface area contributed by atoms with Crippen LogP contribution < -0.4 is 0 Å². The summed E-state index contributed by atoms with van der Waals surface area (Å²) >= 11 is 0. The summed E-state index contributed by atoms with van der Waals surface area (Å²) in [4.78, 5) is 0. The molecular formula is C15H22N+. The third kappa shape index (κ3) is 4.03. The molecule has 0 aliphatic heterocycles. The van der Waals surface area contributed by atoms with Gasteiger partial charge in [-0.3, -0.25) is 0 Å². The van der Waals surface area contributed by atoms with Gasteiger partial charge in [-0.25, -0.2) is 0 Å². The van der Waals surface area contributed by atoms with Crippen LogP contribution in [0.15, 0.2) is 55.6 Å². The van der Waals surface area contributed by atoms with Crippen LogP contribution in [-0.4, -0.2) is 24.6 Å². The van der Waals surface area contributed by atoms with Crippen LogP contribution in [-0.2, 0) is 6.54 Å². The zero-order chi connectivity index (χ0) is 11.9. The molecule has 1 unspecified atom stereocenters. The summed E-state index contributed by atoms with van der Waals surface area (Å²) in [6.07, 6.45) is 5.05. The van der Waals surface area contributed by atoms with Gasteiger partial charge in [0.2, 0.25) is 0 Å². The Morgan fingerprint density at radius 1 is 1.12 bits per heavy atom. The normalized spacial score (nSPS) is 14.1. The van der Waals surface area contributed by atoms with E-state index in [1.54, 1.807) is 0 Å². The minimum absolute atomic E-state index is 1.000. The fourth-order valence-corrected chi connectivity index (χ4v) is 1.97. The lowest BCUT2D eigenvalue weighted by Crippen LogP contribution is -2.43. The maximum absolute atomic E-state index is 3.85. The first-order chi connectivity index (χ1) is 7.70. The Bertz CT molecular complexity index is 329. The molecule has 0 amide bonds. The molecule has 0 saturated heterocycles. The fraction of sp³-hybridized carbons (Fsp3) is 0.333. The summed E-state index contributed by atoms with van der Waals surface area (Å²) in [7, 11) is 2.28. The van der Waals surface area contributed by atoms with Gasteiger partial charge in [-0.1, -0.05) is 43.0 Å². The molecule has 0 saturated carbocycles. The summed E-state index contributed by atoms with van der Waals surface area (Å²) in [6, 6.07) is 10.6. The molecule has 0 aliphatic rings. The van der Waals surface area contributed by atoms with Crippen LogP contribution in [0.4, 0.5) is 0 Å². The largest absolute Gasteiger partial charge is 0.319 e. The van der Waals surface area contributed by atoms with Crippen LogP contribution in [0.1, 0.15) is 12.0 Å². The molecule has 0 aliphatic carbocycles. The first kappa shape index (κ1) is 12.7. The lowest BCUT2D eigenvalue weighted by atomic mass is 10.2. The first-order valence-electron chi connectivity index (χ1n) is 5.79. The van der Waals surface area contributed by atoms with Crippen molar-refractivity contribution < 1.29 is 4.48 Å². The maximum Gasteiger partial charge on any atom is 0.104 e. The average molecular weight is 216 g/mol. The van der Waals surface area contributed by atoms with Crippen molar-refractivity contribution in [3.05, 3.63) is 61.2 Å². The van der Waals surface area contributed by atoms with E-state index in [2.05, 4.69) is 50.5 Å². The van der Waals surface area contributed by atoms with Crippen molar-refractivity contribution in [1.82, 2.24) is 0 Å². The molecule has 1 aromatic rings. The molecule has 1 nitrogen and oxygen atoms in total. The number of likely N-dealkylation sites (N-methyl/N-ethyl adjacent to an activating group) is 1. The highest BCUT2D eigenvalue weighted by molar-refractivity contribution is 5.13. The van der Waals surface area contributed by atoms with Crippen molar-refractivity contribution in [3.63, 3.8) is 0 Å². The predicted octanol–water partition coefficient (Wildman–Crippen LogP) is 3.40. The van der Waals surface area contributed by atoms with E-state index >= 15 is 0 Å². The van der Waals surface area contributed by atoms with E-state index in [9.17, 15) is 0 Å². The Hall–Kier alpha value is -1.34. The van der Waals surface area contributed by atoms with E-state index in [0.717, 1.165) is 30.5 Å². The van der Waals surface area contributed by atoms with Crippen molar-refractivity contribution in [3.8, 4) is 0 Å². The molecule has 0 fully saturated rings. The molecule has 1 heteroatoms. The third-order valence-corrected chi connectivity index (χ3v) is 2.85. The Labute approximate surface area is 99.3 Å². The number of nitrogens with zero attached hydrogens (tertiary/aromatic N) is 1. The van der Waals surface area contributed by atoms with E-state index < -0.39 is 0 Å². The lowest BCUT2D eigenvalue weighted by molar-refractivity contribution is -0.916. The molecule has 0 radical (unpaired) electrons. The zero-order valence-corrected chi connectivity index (χ0v) is 10.2. The standard InChI is InChI=1S/C15H22N/c1-4-6-13-16(3,12-5-2)14-15-10-8-7-9-11-15/h4-5,7-11H,1-2,6,12-14H2,3H3/q+1. The first-order valence-corrected chi connectivity index (χ1v) is 5.79. The van der Waals surface area contributed by atoms with Gasteiger partial charge in [0.1, 0.15) is 6.54 Å². The third-order valence-electron chi connectivity index (χ3n) is 2.85. The minimum Gasteiger partial charge on any atom is -0.319 e. The number of quaternary nitrogens is 1. The number of hydrogen-bond acceptors (Lipinski definition) is 0. The molecule has 0 N–H and O–H groups in total. The molecule has 1 aromatic carbocycles. The zero-order valence-electron chi connectivity index (χ0n) is 10.2. The van der Waals surface area contributed by atoms with Crippen LogP contribution in [0.25, 0.3) is 0 Å². The van der Waals surface area contributed by atoms with Crippen molar-refractivity contribution >= 4 is 0 Å². The molecular weight excluding hydrogens is 194 g/mol. The van der Waals surface area contributed by atoms with Crippen molar-refractivity contribution in [2.45, 2.75) is 13.0 Å². The second-order valence-electron chi connectivity index (χ2n) is 4.54. The maximum atomic E-state index is 3.85. The Balaban J connectivity index is 2.69. The molecule has 16 heavy (non-hydrogen) atoms. The van der Waals surface area contributed by atoms with Gasteiger partial charge in [-0.2, -0.15) is 0 Å². The monoisotopic (exact) mass is 216 g/mol. The van der Waals surface area contributed by atoms with Gasteiger partial charge in [0, 0.05) is 12.0 Å². The van der Waals surface area contributed by atoms with Gasteiger partial charge in [-0.15, -0.1) is 6.58 Å². The number of benzene rings is 1. The summed E-state index contributed by atoms with van der Waals surface area (Å²) in [6.45, 7) is 10.8. The van der Waals surface area contributed by atoms with Gasteiger partial charge in [0.25, 0.3) is 0 Å². The summed E-state index contributed by atoms with van der Waals surface area (Å²) in [5.41, 5.74) is 1.39. The summed E-state index contributed by atoms with van der Waals surface area (Å²) in [5.74, 6) is 0. The van der Waals surface area contributed by atoms with E-state index in [-0.39, 0.29) is 0 Å². The minimum atomic E-state index is 1.000. The highest BCUT2D eigenvalue weighted by atomic mass is 15.3. The molecule has 1 atom stereocenters. The van der Waals surface area contributed by atoms with Gasteiger partial charge in [0.15, 0.2) is 0 Å². The van der Waals surface area contributed by atoms with Crippen LogP contribution in [0, 0.1) is 0 Å². The second-order valence-corrected chi connectivity index (χ2v) is 4.54. The smallest absolute Gasteiger partial charge is 0.104 e. The highest BCUT2D eigenvalue weighted by Crippen LogP contribution is 2.13. The van der Waals surface area contributed by atoms with Gasteiger partial charge < -0.3 is 4.48 Å². The van der Waals surface area contributed by atoms with Crippen LogP contribution in [0.3, 0.4) is 0 Å². The fourth-order valence-electron chi connectivity index (χ4n) is 1.97. The Morgan fingerprint density at radius 3 is 2.38 bits per heavy atom. The van der Waals surface area contributed by atoms with Crippen LogP contribution in [0.5, 0.6) is 0 Å². The molecule has 0 heterocycles. The molecule has 1 rings (SSSR count). The summed E-state index contributed by atoms with van der Waals surface area (Å²) < 4.78 is 1.000. The predicted molar refractivity (Wildman–Crippen MR) is 71.1 cm³/mol. The summed E-state index contributed by atoms with van der Waals surface area (Å²) in [5, 5.41) is 0. The second kappa shape index (κ2) is 6.29. The SMILES string of the molecule is C=CCC[N+](C)(CC=C)Cc1ccccc1. The van der Waals surface area contributed by atoms with Gasteiger partial charge >= 0.3 is 0 Å². The number of hydrogen-bond donors (Lipinski definition) is 0. The Morgan fingerprint density at radius 2 is 1.81 bits per heavy atom. The van der Waals surface area contributed by atoms with Crippen molar-refractivity contribution in [2.75, 3.05) is 20.1 Å².